The molecular formula is C22H20F2N2O3S. The van der Waals surface area contributed by atoms with Crippen LogP contribution in [0.4, 0.5) is 13.9 Å². The highest BCUT2D eigenvalue weighted by Crippen LogP contribution is 2.22. The molecule has 3 aromatic rings. The van der Waals surface area contributed by atoms with Crippen molar-refractivity contribution in [3.05, 3.63) is 76.3 Å². The van der Waals surface area contributed by atoms with Crippen LogP contribution in [0.2, 0.25) is 0 Å². The third-order valence-corrected chi connectivity index (χ3v) is 4.71. The summed E-state index contributed by atoms with van der Waals surface area (Å²) in [6, 6.07) is 8.21. The lowest BCUT2D eigenvalue weighted by atomic mass is 10.1. The average molecular weight is 430 g/mol. The number of amides is 1. The third kappa shape index (κ3) is 6.20. The van der Waals surface area contributed by atoms with Gasteiger partial charge in [0.05, 0.1) is 6.61 Å². The molecule has 0 fully saturated rings. The molecule has 156 valence electrons. The van der Waals surface area contributed by atoms with Crippen molar-refractivity contribution in [2.24, 2.45) is 0 Å². The van der Waals surface area contributed by atoms with Gasteiger partial charge >= 0.3 is 0 Å². The quantitative estimate of drug-likeness (QED) is 0.372. The van der Waals surface area contributed by atoms with Crippen LogP contribution in [0.5, 0.6) is 5.75 Å². The SMILES string of the molecule is COCCCOc1cc(/C=C/c2cc(F)ccc2F)cc(C(=O)Nc2nccs2)c1. The van der Waals surface area contributed by atoms with Gasteiger partial charge in [-0.2, -0.15) is 0 Å². The number of hydrogen-bond acceptors (Lipinski definition) is 5. The van der Waals surface area contributed by atoms with Gasteiger partial charge in [0, 0.05) is 42.8 Å². The summed E-state index contributed by atoms with van der Waals surface area (Å²) in [5, 5.41) is 4.95. The number of rotatable bonds is 9. The first kappa shape index (κ1) is 21.6. The number of carbonyl (C=O) groups is 1. The molecule has 0 bridgehead atoms. The van der Waals surface area contributed by atoms with E-state index in [1.165, 1.54) is 17.4 Å². The maximum atomic E-state index is 13.9. The molecule has 1 aromatic heterocycles. The number of thiazole rings is 1. The molecule has 0 aliphatic heterocycles. The number of nitrogens with one attached hydrogen (secondary N) is 1. The van der Waals surface area contributed by atoms with E-state index in [1.807, 2.05) is 0 Å². The summed E-state index contributed by atoms with van der Waals surface area (Å²) in [6.45, 7) is 0.961. The Hall–Kier alpha value is -3.10. The molecule has 0 saturated heterocycles. The minimum absolute atomic E-state index is 0.107. The lowest BCUT2D eigenvalue weighted by molar-refractivity contribution is 0.102. The molecule has 0 aliphatic carbocycles. The summed E-state index contributed by atoms with van der Waals surface area (Å²) in [6.07, 6.45) is 5.33. The number of benzene rings is 2. The van der Waals surface area contributed by atoms with Crippen molar-refractivity contribution in [3.8, 4) is 5.75 Å². The molecule has 0 unspecified atom stereocenters. The molecular weight excluding hydrogens is 410 g/mol. The Bertz CT molecular complexity index is 1020. The predicted molar refractivity (Wildman–Crippen MR) is 114 cm³/mol. The van der Waals surface area contributed by atoms with Crippen LogP contribution in [0.3, 0.4) is 0 Å². The van der Waals surface area contributed by atoms with Gasteiger partial charge in [0.25, 0.3) is 5.91 Å². The molecule has 1 N–H and O–H groups in total. The van der Waals surface area contributed by atoms with Crippen molar-refractivity contribution in [1.82, 2.24) is 4.98 Å². The topological polar surface area (TPSA) is 60.5 Å². The summed E-state index contributed by atoms with van der Waals surface area (Å²) < 4.78 is 38.0. The molecule has 5 nitrogen and oxygen atoms in total. The Labute approximate surface area is 177 Å². The Kier molecular flexibility index (Phi) is 7.64. The van der Waals surface area contributed by atoms with Gasteiger partial charge in [-0.1, -0.05) is 12.2 Å². The van der Waals surface area contributed by atoms with E-state index in [0.29, 0.717) is 41.6 Å². The van der Waals surface area contributed by atoms with Crippen molar-refractivity contribution < 1.29 is 23.0 Å². The lowest BCUT2D eigenvalue weighted by Crippen LogP contribution is -2.12. The monoisotopic (exact) mass is 430 g/mol. The van der Waals surface area contributed by atoms with Crippen LogP contribution < -0.4 is 10.1 Å². The van der Waals surface area contributed by atoms with Crippen molar-refractivity contribution in [1.29, 1.82) is 0 Å². The lowest BCUT2D eigenvalue weighted by Gasteiger charge is -2.10. The standard InChI is InChI=1S/C22H20F2N2O3S/c1-28-8-2-9-29-19-12-15(3-4-16-13-18(23)5-6-20(16)24)11-17(14-19)21(27)26-22-25-7-10-30-22/h3-7,10-14H,2,8-9H2,1H3,(H,25,26,27)/b4-3+. The van der Waals surface area contributed by atoms with Gasteiger partial charge in [-0.05, 0) is 42.0 Å². The smallest absolute Gasteiger partial charge is 0.257 e. The minimum atomic E-state index is -0.540. The number of carbonyl (C=O) groups excluding carboxylic acids is 1. The van der Waals surface area contributed by atoms with Crippen LogP contribution in [-0.4, -0.2) is 31.2 Å². The van der Waals surface area contributed by atoms with Gasteiger partial charge in [0.1, 0.15) is 17.4 Å². The molecule has 1 heterocycles. The number of aromatic nitrogens is 1. The van der Waals surface area contributed by atoms with E-state index < -0.39 is 11.6 Å². The summed E-state index contributed by atoms with van der Waals surface area (Å²) in [5.41, 5.74) is 1.07. The number of anilines is 1. The van der Waals surface area contributed by atoms with Gasteiger partial charge in [-0.15, -0.1) is 11.3 Å². The molecule has 0 spiro atoms. The summed E-state index contributed by atoms with van der Waals surface area (Å²) in [4.78, 5) is 16.7. The van der Waals surface area contributed by atoms with Crippen molar-refractivity contribution in [2.75, 3.05) is 25.6 Å². The molecule has 30 heavy (non-hydrogen) atoms. The fourth-order valence-electron chi connectivity index (χ4n) is 2.61. The summed E-state index contributed by atoms with van der Waals surface area (Å²) in [5.74, 6) is -0.938. The first-order chi connectivity index (χ1) is 14.5. The fraction of sp³-hybridized carbons (Fsp3) is 0.182. The van der Waals surface area contributed by atoms with E-state index in [2.05, 4.69) is 10.3 Å². The van der Waals surface area contributed by atoms with Crippen molar-refractivity contribution in [3.63, 3.8) is 0 Å². The number of methoxy groups -OCH3 is 1. The Morgan fingerprint density at radius 3 is 2.80 bits per heavy atom. The summed E-state index contributed by atoms with van der Waals surface area (Å²) in [7, 11) is 1.61. The number of hydrogen-bond donors (Lipinski definition) is 1. The normalized spacial score (nSPS) is 11.0. The van der Waals surface area contributed by atoms with E-state index in [0.717, 1.165) is 18.2 Å². The molecule has 0 saturated carbocycles. The van der Waals surface area contributed by atoms with Crippen LogP contribution in [-0.2, 0) is 4.74 Å². The molecule has 0 radical (unpaired) electrons. The zero-order valence-corrected chi connectivity index (χ0v) is 17.0. The Balaban J connectivity index is 1.85. The first-order valence-electron chi connectivity index (χ1n) is 9.16. The molecule has 0 atom stereocenters. The zero-order valence-electron chi connectivity index (χ0n) is 16.2. The van der Waals surface area contributed by atoms with Gasteiger partial charge in [0.2, 0.25) is 0 Å². The fourth-order valence-corrected chi connectivity index (χ4v) is 3.13. The third-order valence-electron chi connectivity index (χ3n) is 4.02. The van der Waals surface area contributed by atoms with E-state index in [4.69, 9.17) is 9.47 Å². The van der Waals surface area contributed by atoms with E-state index >= 15 is 0 Å². The van der Waals surface area contributed by atoms with Crippen LogP contribution in [0.25, 0.3) is 12.2 Å². The van der Waals surface area contributed by atoms with E-state index in [-0.39, 0.29) is 11.5 Å². The second-order valence-corrected chi connectivity index (χ2v) is 7.17. The maximum absolute atomic E-state index is 13.9. The predicted octanol–water partition coefficient (Wildman–Crippen LogP) is 5.26. The molecule has 1 amide bonds. The molecule has 8 heteroatoms. The van der Waals surface area contributed by atoms with E-state index in [1.54, 1.807) is 43.0 Å². The largest absolute Gasteiger partial charge is 0.493 e. The second kappa shape index (κ2) is 10.6. The number of halogens is 2. The maximum Gasteiger partial charge on any atom is 0.257 e. The van der Waals surface area contributed by atoms with Crippen LogP contribution in [0.15, 0.2) is 48.0 Å². The highest BCUT2D eigenvalue weighted by molar-refractivity contribution is 7.13. The van der Waals surface area contributed by atoms with Gasteiger partial charge in [-0.3, -0.25) is 10.1 Å². The van der Waals surface area contributed by atoms with E-state index in [9.17, 15) is 13.6 Å². The summed E-state index contributed by atoms with van der Waals surface area (Å²) >= 11 is 1.30. The van der Waals surface area contributed by atoms with Crippen molar-refractivity contribution >= 4 is 34.5 Å². The minimum Gasteiger partial charge on any atom is -0.493 e. The molecule has 3 rings (SSSR count). The highest BCUT2D eigenvalue weighted by atomic mass is 32.1. The number of ether oxygens (including phenoxy) is 2. The molecule has 0 aliphatic rings. The van der Waals surface area contributed by atoms with Gasteiger partial charge < -0.3 is 9.47 Å². The highest BCUT2D eigenvalue weighted by Gasteiger charge is 2.11. The van der Waals surface area contributed by atoms with Gasteiger partial charge in [-0.25, -0.2) is 13.8 Å². The number of nitrogens with zero attached hydrogens (tertiary/aromatic N) is 1. The first-order valence-corrected chi connectivity index (χ1v) is 10.0. The zero-order chi connectivity index (χ0) is 21.3. The average Bonchev–Trinajstić information content (AvgIpc) is 3.25. The van der Waals surface area contributed by atoms with Crippen LogP contribution in [0.1, 0.15) is 27.9 Å². The van der Waals surface area contributed by atoms with Gasteiger partial charge in [0.15, 0.2) is 5.13 Å². The Morgan fingerprint density at radius 2 is 2.03 bits per heavy atom. The second-order valence-electron chi connectivity index (χ2n) is 6.28. The van der Waals surface area contributed by atoms with Crippen LogP contribution >= 0.6 is 11.3 Å². The Morgan fingerprint density at radius 1 is 1.17 bits per heavy atom. The molecule has 2 aromatic carbocycles. The van der Waals surface area contributed by atoms with Crippen molar-refractivity contribution in [2.45, 2.75) is 6.42 Å². The van der Waals surface area contributed by atoms with Crippen LogP contribution in [0, 0.1) is 11.6 Å².